The normalized spacial score (nSPS) is 25.4. The lowest BCUT2D eigenvalue weighted by Crippen LogP contribution is -2.20. The Morgan fingerprint density at radius 1 is 1.33 bits per heavy atom. The van der Waals surface area contributed by atoms with Gasteiger partial charge in [0.15, 0.2) is 0 Å². The van der Waals surface area contributed by atoms with Gasteiger partial charge in [-0.2, -0.15) is 0 Å². The zero-order valence-corrected chi connectivity index (χ0v) is 10.4. The highest BCUT2D eigenvalue weighted by atomic mass is 16.5. The van der Waals surface area contributed by atoms with Crippen LogP contribution in [0.5, 0.6) is 0 Å². The molecule has 3 nitrogen and oxygen atoms in total. The van der Waals surface area contributed by atoms with Crippen LogP contribution in [0, 0.1) is 5.92 Å². The van der Waals surface area contributed by atoms with Gasteiger partial charge in [-0.25, -0.2) is 0 Å². The summed E-state index contributed by atoms with van der Waals surface area (Å²) in [6.07, 6.45) is 2.33. The number of aliphatic hydroxyl groups is 1. The predicted octanol–water partition coefficient (Wildman–Crippen LogP) is 2.69. The van der Waals surface area contributed by atoms with Crippen LogP contribution in [0.25, 0.3) is 10.9 Å². The maximum absolute atomic E-state index is 10.6. The van der Waals surface area contributed by atoms with E-state index in [4.69, 9.17) is 4.74 Å². The summed E-state index contributed by atoms with van der Waals surface area (Å²) >= 11 is 0. The average molecular weight is 243 g/mol. The zero-order valence-electron chi connectivity index (χ0n) is 10.4. The van der Waals surface area contributed by atoms with Crippen LogP contribution < -0.4 is 0 Å². The highest BCUT2D eigenvalue weighted by molar-refractivity contribution is 5.82. The highest BCUT2D eigenvalue weighted by Gasteiger charge is 2.32. The second-order valence-corrected chi connectivity index (χ2v) is 4.89. The van der Waals surface area contributed by atoms with Crippen LogP contribution in [-0.4, -0.2) is 22.8 Å². The van der Waals surface area contributed by atoms with Crippen LogP contribution >= 0.6 is 0 Å². The predicted molar refractivity (Wildman–Crippen MR) is 70.2 cm³/mol. The fraction of sp³-hybridized carbons (Fsp3) is 0.400. The van der Waals surface area contributed by atoms with Crippen molar-refractivity contribution >= 4 is 10.9 Å². The molecule has 3 heteroatoms. The Morgan fingerprint density at radius 2 is 2.22 bits per heavy atom. The van der Waals surface area contributed by atoms with E-state index < -0.39 is 6.10 Å². The van der Waals surface area contributed by atoms with E-state index in [1.807, 2.05) is 37.3 Å². The van der Waals surface area contributed by atoms with E-state index in [2.05, 4.69) is 4.98 Å². The molecule has 1 aliphatic rings. The van der Waals surface area contributed by atoms with Gasteiger partial charge in [0.2, 0.25) is 0 Å². The molecule has 0 aliphatic carbocycles. The molecule has 1 aromatic carbocycles. The minimum atomic E-state index is -0.476. The molecule has 1 aliphatic heterocycles. The van der Waals surface area contributed by atoms with Crippen molar-refractivity contribution < 1.29 is 9.84 Å². The van der Waals surface area contributed by atoms with Gasteiger partial charge in [0.05, 0.1) is 17.7 Å². The minimum Gasteiger partial charge on any atom is -0.388 e. The molecule has 1 N–H and O–H groups in total. The molecule has 0 saturated carbocycles. The first-order chi connectivity index (χ1) is 8.77. The Bertz CT molecular complexity index is 550. The molecule has 1 fully saturated rings. The first-order valence-corrected chi connectivity index (χ1v) is 6.40. The topological polar surface area (TPSA) is 42.4 Å². The third-order valence-corrected chi connectivity index (χ3v) is 3.84. The maximum atomic E-state index is 10.6. The molecule has 1 aromatic heterocycles. The Labute approximate surface area is 106 Å². The van der Waals surface area contributed by atoms with Crippen LogP contribution in [0.15, 0.2) is 36.5 Å². The molecule has 3 rings (SSSR count). The molecular weight excluding hydrogens is 226 g/mol. The van der Waals surface area contributed by atoms with E-state index in [1.165, 1.54) is 0 Å². The van der Waals surface area contributed by atoms with Gasteiger partial charge in [-0.15, -0.1) is 0 Å². The fourth-order valence-electron chi connectivity index (χ4n) is 2.78. The van der Waals surface area contributed by atoms with Crippen LogP contribution in [0.4, 0.5) is 0 Å². The lowest BCUT2D eigenvalue weighted by molar-refractivity contribution is 0.0438. The Hall–Kier alpha value is -1.45. The van der Waals surface area contributed by atoms with E-state index >= 15 is 0 Å². The summed E-state index contributed by atoms with van der Waals surface area (Å²) in [6, 6.07) is 9.84. The Balaban J connectivity index is 2.03. The zero-order chi connectivity index (χ0) is 12.5. The Kier molecular flexibility index (Phi) is 3.02. The van der Waals surface area contributed by atoms with Gasteiger partial charge in [0.25, 0.3) is 0 Å². The van der Waals surface area contributed by atoms with Gasteiger partial charge >= 0.3 is 0 Å². The second kappa shape index (κ2) is 4.67. The number of fused-ring (bicyclic) bond motifs is 1. The molecule has 3 atom stereocenters. The van der Waals surface area contributed by atoms with Crippen molar-refractivity contribution in [2.45, 2.75) is 25.6 Å². The number of benzene rings is 1. The molecule has 0 radical (unpaired) electrons. The van der Waals surface area contributed by atoms with E-state index in [0.29, 0.717) is 0 Å². The van der Waals surface area contributed by atoms with Gasteiger partial charge in [-0.3, -0.25) is 4.98 Å². The van der Waals surface area contributed by atoms with Crippen LogP contribution in [0.3, 0.4) is 0 Å². The van der Waals surface area contributed by atoms with E-state index in [1.54, 1.807) is 6.20 Å². The first-order valence-electron chi connectivity index (χ1n) is 6.40. The molecule has 0 bridgehead atoms. The number of rotatable bonds is 2. The summed E-state index contributed by atoms with van der Waals surface area (Å²) in [5.74, 6) is 0.177. The number of hydrogen-bond donors (Lipinski definition) is 1. The van der Waals surface area contributed by atoms with Crippen molar-refractivity contribution in [3.63, 3.8) is 0 Å². The lowest BCUT2D eigenvalue weighted by Gasteiger charge is -2.22. The summed E-state index contributed by atoms with van der Waals surface area (Å²) in [7, 11) is 0. The van der Waals surface area contributed by atoms with Crippen molar-refractivity contribution in [1.29, 1.82) is 0 Å². The number of hydrogen-bond acceptors (Lipinski definition) is 3. The molecule has 18 heavy (non-hydrogen) atoms. The molecule has 3 unspecified atom stereocenters. The summed E-state index contributed by atoms with van der Waals surface area (Å²) in [6.45, 7) is 2.77. The average Bonchev–Trinajstić information content (AvgIpc) is 2.83. The standard InChI is InChI=1S/C15H17NO2/c1-10-11(7-9-18-10)15(17)13-4-2-6-14-12(13)5-3-8-16-14/h2-6,8,10-11,15,17H,7,9H2,1H3. The quantitative estimate of drug-likeness (QED) is 0.881. The van der Waals surface area contributed by atoms with Gasteiger partial charge < -0.3 is 9.84 Å². The van der Waals surface area contributed by atoms with Crippen molar-refractivity contribution in [1.82, 2.24) is 4.98 Å². The van der Waals surface area contributed by atoms with Crippen LogP contribution in [0.2, 0.25) is 0 Å². The molecule has 1 saturated heterocycles. The van der Waals surface area contributed by atoms with E-state index in [9.17, 15) is 5.11 Å². The van der Waals surface area contributed by atoms with Crippen molar-refractivity contribution in [3.05, 3.63) is 42.1 Å². The SMILES string of the molecule is CC1OCCC1C(O)c1cccc2ncccc12. The monoisotopic (exact) mass is 243 g/mol. The maximum Gasteiger partial charge on any atom is 0.0850 e. The van der Waals surface area contributed by atoms with Gasteiger partial charge in [0.1, 0.15) is 0 Å². The van der Waals surface area contributed by atoms with Gasteiger partial charge in [-0.1, -0.05) is 18.2 Å². The van der Waals surface area contributed by atoms with Crippen molar-refractivity contribution in [3.8, 4) is 0 Å². The lowest BCUT2D eigenvalue weighted by atomic mass is 9.89. The van der Waals surface area contributed by atoms with Crippen molar-refractivity contribution in [2.75, 3.05) is 6.61 Å². The van der Waals surface area contributed by atoms with Crippen molar-refractivity contribution in [2.24, 2.45) is 5.92 Å². The number of pyridine rings is 1. The number of aromatic nitrogens is 1. The molecule has 2 aromatic rings. The largest absolute Gasteiger partial charge is 0.388 e. The number of nitrogens with zero attached hydrogens (tertiary/aromatic N) is 1. The van der Waals surface area contributed by atoms with Crippen LogP contribution in [0.1, 0.15) is 25.0 Å². The third-order valence-electron chi connectivity index (χ3n) is 3.84. The second-order valence-electron chi connectivity index (χ2n) is 4.89. The summed E-state index contributed by atoms with van der Waals surface area (Å²) in [4.78, 5) is 4.33. The Morgan fingerprint density at radius 3 is 3.00 bits per heavy atom. The molecule has 2 heterocycles. The molecular formula is C15H17NO2. The van der Waals surface area contributed by atoms with E-state index in [-0.39, 0.29) is 12.0 Å². The number of aliphatic hydroxyl groups excluding tert-OH is 1. The summed E-state index contributed by atoms with van der Waals surface area (Å²) in [5.41, 5.74) is 1.89. The van der Waals surface area contributed by atoms with Gasteiger partial charge in [-0.05, 0) is 31.0 Å². The molecule has 94 valence electrons. The summed E-state index contributed by atoms with van der Waals surface area (Å²) in [5, 5.41) is 11.6. The first kappa shape index (κ1) is 11.6. The third kappa shape index (κ3) is 1.89. The smallest absolute Gasteiger partial charge is 0.0850 e. The highest BCUT2D eigenvalue weighted by Crippen LogP contribution is 2.35. The van der Waals surface area contributed by atoms with Gasteiger partial charge in [0, 0.05) is 24.1 Å². The van der Waals surface area contributed by atoms with Crippen LogP contribution in [-0.2, 0) is 4.74 Å². The number of ether oxygens (including phenoxy) is 1. The van der Waals surface area contributed by atoms with E-state index in [0.717, 1.165) is 29.5 Å². The molecule has 0 spiro atoms. The minimum absolute atomic E-state index is 0.118. The fourth-order valence-corrected chi connectivity index (χ4v) is 2.78. The molecule has 0 amide bonds. The summed E-state index contributed by atoms with van der Waals surface area (Å²) < 4.78 is 5.54.